The SMILES string of the molecule is CCc1cc(Br)ccc1NS(=O)(=O)c1c(Cl)cnn1C. The van der Waals surface area contributed by atoms with Crippen molar-refractivity contribution in [2.75, 3.05) is 4.72 Å². The van der Waals surface area contributed by atoms with Crippen LogP contribution >= 0.6 is 27.5 Å². The summed E-state index contributed by atoms with van der Waals surface area (Å²) >= 11 is 9.25. The Bertz CT molecular complexity index is 724. The molecule has 1 heterocycles. The summed E-state index contributed by atoms with van der Waals surface area (Å²) in [5, 5.41) is 3.88. The van der Waals surface area contributed by atoms with E-state index in [-0.39, 0.29) is 10.0 Å². The summed E-state index contributed by atoms with van der Waals surface area (Å²) in [7, 11) is -2.24. The molecular weight excluding hydrogens is 366 g/mol. The molecule has 0 bridgehead atoms. The highest BCUT2D eigenvalue weighted by molar-refractivity contribution is 9.10. The number of benzene rings is 1. The summed E-state index contributed by atoms with van der Waals surface area (Å²) in [4.78, 5) is 0. The maximum Gasteiger partial charge on any atom is 0.280 e. The summed E-state index contributed by atoms with van der Waals surface area (Å²) in [6.45, 7) is 1.95. The van der Waals surface area contributed by atoms with Gasteiger partial charge >= 0.3 is 0 Å². The average molecular weight is 379 g/mol. The van der Waals surface area contributed by atoms with Crippen LogP contribution in [0.4, 0.5) is 5.69 Å². The van der Waals surface area contributed by atoms with Crippen molar-refractivity contribution in [3.05, 3.63) is 39.5 Å². The van der Waals surface area contributed by atoms with Gasteiger partial charge < -0.3 is 0 Å². The molecule has 2 aromatic rings. The normalized spacial score (nSPS) is 11.6. The van der Waals surface area contributed by atoms with Crippen LogP contribution in [0.5, 0.6) is 0 Å². The molecule has 0 radical (unpaired) electrons. The van der Waals surface area contributed by atoms with Crippen LogP contribution in [0.15, 0.2) is 33.9 Å². The molecule has 1 N–H and O–H groups in total. The maximum atomic E-state index is 12.4. The molecule has 1 aromatic carbocycles. The van der Waals surface area contributed by atoms with Crippen LogP contribution in [-0.2, 0) is 23.5 Å². The third-order valence-electron chi connectivity index (χ3n) is 2.79. The van der Waals surface area contributed by atoms with E-state index in [9.17, 15) is 8.42 Å². The molecule has 108 valence electrons. The second kappa shape index (κ2) is 5.75. The quantitative estimate of drug-likeness (QED) is 0.888. The number of hydrogen-bond donors (Lipinski definition) is 1. The number of nitrogens with zero attached hydrogens (tertiary/aromatic N) is 2. The van der Waals surface area contributed by atoms with E-state index < -0.39 is 10.0 Å². The van der Waals surface area contributed by atoms with Crippen molar-refractivity contribution in [3.8, 4) is 0 Å². The van der Waals surface area contributed by atoms with Crippen LogP contribution in [0.3, 0.4) is 0 Å². The zero-order chi connectivity index (χ0) is 14.9. The van der Waals surface area contributed by atoms with E-state index in [0.29, 0.717) is 12.1 Å². The van der Waals surface area contributed by atoms with Gasteiger partial charge in [0.2, 0.25) is 0 Å². The largest absolute Gasteiger partial charge is 0.280 e. The summed E-state index contributed by atoms with van der Waals surface area (Å²) in [6, 6.07) is 5.37. The molecule has 2 rings (SSSR count). The molecule has 0 atom stereocenters. The van der Waals surface area contributed by atoms with Crippen LogP contribution < -0.4 is 4.72 Å². The van der Waals surface area contributed by atoms with Gasteiger partial charge in [0.05, 0.1) is 16.9 Å². The van der Waals surface area contributed by atoms with Crippen LogP contribution in [0.2, 0.25) is 5.02 Å². The predicted octanol–water partition coefficient (Wildman–Crippen LogP) is 3.20. The highest BCUT2D eigenvalue weighted by Crippen LogP contribution is 2.26. The van der Waals surface area contributed by atoms with Crippen molar-refractivity contribution in [3.63, 3.8) is 0 Å². The van der Waals surface area contributed by atoms with Gasteiger partial charge in [-0.1, -0.05) is 34.5 Å². The number of halogens is 2. The van der Waals surface area contributed by atoms with Crippen LogP contribution in [-0.4, -0.2) is 18.2 Å². The lowest BCUT2D eigenvalue weighted by Gasteiger charge is -2.12. The first-order valence-electron chi connectivity index (χ1n) is 5.84. The lowest BCUT2D eigenvalue weighted by Crippen LogP contribution is -2.18. The number of nitrogens with one attached hydrogen (secondary N) is 1. The topological polar surface area (TPSA) is 64.0 Å². The minimum absolute atomic E-state index is 0.0517. The monoisotopic (exact) mass is 377 g/mol. The Balaban J connectivity index is 2.44. The Morgan fingerprint density at radius 2 is 2.15 bits per heavy atom. The second-order valence-electron chi connectivity index (χ2n) is 4.18. The van der Waals surface area contributed by atoms with Crippen molar-refractivity contribution >= 4 is 43.2 Å². The van der Waals surface area contributed by atoms with E-state index in [1.54, 1.807) is 12.1 Å². The molecule has 8 heteroatoms. The van der Waals surface area contributed by atoms with Gasteiger partial charge in [0.25, 0.3) is 10.0 Å². The van der Waals surface area contributed by atoms with Gasteiger partial charge in [-0.3, -0.25) is 9.40 Å². The van der Waals surface area contributed by atoms with E-state index in [1.807, 2.05) is 13.0 Å². The van der Waals surface area contributed by atoms with Crippen molar-refractivity contribution in [1.29, 1.82) is 0 Å². The van der Waals surface area contributed by atoms with Gasteiger partial charge in [0.15, 0.2) is 5.03 Å². The summed E-state index contributed by atoms with van der Waals surface area (Å²) in [5.41, 5.74) is 1.43. The molecule has 0 saturated carbocycles. The Morgan fingerprint density at radius 3 is 2.70 bits per heavy atom. The maximum absolute atomic E-state index is 12.4. The number of rotatable bonds is 4. The fourth-order valence-electron chi connectivity index (χ4n) is 1.85. The molecule has 0 amide bonds. The smallest absolute Gasteiger partial charge is 0.278 e. The lowest BCUT2D eigenvalue weighted by molar-refractivity contribution is 0.582. The molecule has 0 aliphatic heterocycles. The van der Waals surface area contributed by atoms with E-state index >= 15 is 0 Å². The van der Waals surface area contributed by atoms with Gasteiger partial charge in [0, 0.05) is 11.5 Å². The minimum atomic E-state index is -3.77. The molecule has 20 heavy (non-hydrogen) atoms. The Labute approximate surface area is 131 Å². The van der Waals surface area contributed by atoms with Gasteiger partial charge in [-0.15, -0.1) is 0 Å². The fraction of sp³-hybridized carbons (Fsp3) is 0.250. The zero-order valence-corrected chi connectivity index (χ0v) is 14.1. The van der Waals surface area contributed by atoms with Crippen LogP contribution in [0.1, 0.15) is 12.5 Å². The third kappa shape index (κ3) is 2.99. The van der Waals surface area contributed by atoms with Gasteiger partial charge in [0.1, 0.15) is 0 Å². The van der Waals surface area contributed by atoms with Crippen molar-refractivity contribution in [2.24, 2.45) is 7.05 Å². The molecule has 0 unspecified atom stereocenters. The second-order valence-corrected chi connectivity index (χ2v) is 7.10. The molecule has 0 spiro atoms. The standard InChI is InChI=1S/C12H13BrClN3O2S/c1-3-8-6-9(13)4-5-11(8)16-20(18,19)12-10(14)7-15-17(12)2/h4-7,16H,3H2,1-2H3. The van der Waals surface area contributed by atoms with Gasteiger partial charge in [-0.05, 0) is 30.2 Å². The molecule has 1 aromatic heterocycles. The van der Waals surface area contributed by atoms with E-state index in [2.05, 4.69) is 25.8 Å². The highest BCUT2D eigenvalue weighted by Gasteiger charge is 2.23. The highest BCUT2D eigenvalue weighted by atomic mass is 79.9. The Morgan fingerprint density at radius 1 is 1.45 bits per heavy atom. The van der Waals surface area contributed by atoms with Crippen LogP contribution in [0, 0.1) is 0 Å². The first kappa shape index (κ1) is 15.3. The van der Waals surface area contributed by atoms with Crippen molar-refractivity contribution < 1.29 is 8.42 Å². The third-order valence-corrected chi connectivity index (χ3v) is 5.15. The molecule has 5 nitrogen and oxygen atoms in total. The molecule has 0 fully saturated rings. The lowest BCUT2D eigenvalue weighted by atomic mass is 10.1. The molecular formula is C12H13BrClN3O2S. The van der Waals surface area contributed by atoms with E-state index in [4.69, 9.17) is 11.6 Å². The molecule has 0 aliphatic carbocycles. The predicted molar refractivity (Wildman–Crippen MR) is 82.5 cm³/mol. The summed E-state index contributed by atoms with van der Waals surface area (Å²) in [5.74, 6) is 0. The Kier molecular flexibility index (Phi) is 4.41. The average Bonchev–Trinajstić information content (AvgIpc) is 2.71. The molecule has 0 saturated heterocycles. The van der Waals surface area contributed by atoms with Crippen molar-refractivity contribution in [2.45, 2.75) is 18.4 Å². The van der Waals surface area contributed by atoms with E-state index in [1.165, 1.54) is 17.9 Å². The first-order valence-corrected chi connectivity index (χ1v) is 8.49. The first-order chi connectivity index (χ1) is 9.35. The summed E-state index contributed by atoms with van der Waals surface area (Å²) < 4.78 is 29.5. The number of aromatic nitrogens is 2. The number of sulfonamides is 1. The van der Waals surface area contributed by atoms with E-state index in [0.717, 1.165) is 10.0 Å². The molecule has 0 aliphatic rings. The summed E-state index contributed by atoms with van der Waals surface area (Å²) in [6.07, 6.45) is 2.01. The van der Waals surface area contributed by atoms with Crippen LogP contribution in [0.25, 0.3) is 0 Å². The van der Waals surface area contributed by atoms with Crippen molar-refractivity contribution in [1.82, 2.24) is 9.78 Å². The van der Waals surface area contributed by atoms with Gasteiger partial charge in [-0.25, -0.2) is 0 Å². The van der Waals surface area contributed by atoms with Gasteiger partial charge in [-0.2, -0.15) is 13.5 Å². The number of aryl methyl sites for hydroxylation is 2. The number of hydrogen-bond acceptors (Lipinski definition) is 3. The zero-order valence-electron chi connectivity index (χ0n) is 10.9. The number of anilines is 1. The fourth-order valence-corrected chi connectivity index (χ4v) is 4.02. The minimum Gasteiger partial charge on any atom is -0.278 e. The Hall–Kier alpha value is -1.05.